The van der Waals surface area contributed by atoms with Crippen molar-refractivity contribution in [2.45, 2.75) is 13.2 Å². The van der Waals surface area contributed by atoms with Gasteiger partial charge in [0.05, 0.1) is 11.1 Å². The average Bonchev–Trinajstić information content (AvgIpc) is 3.00. The highest BCUT2D eigenvalue weighted by atomic mass is 35.5. The van der Waals surface area contributed by atoms with Crippen molar-refractivity contribution in [3.63, 3.8) is 0 Å². The zero-order valence-electron chi connectivity index (χ0n) is 22.2. The third-order valence-electron chi connectivity index (χ3n) is 6.31. The second kappa shape index (κ2) is 13.2. The molecule has 1 heterocycles. The first-order chi connectivity index (χ1) is 20.4. The second-order valence-electron chi connectivity index (χ2n) is 9.12. The van der Waals surface area contributed by atoms with Gasteiger partial charge < -0.3 is 15.2 Å². The van der Waals surface area contributed by atoms with Crippen molar-refractivity contribution in [3.05, 3.63) is 148 Å². The van der Waals surface area contributed by atoms with Gasteiger partial charge in [-0.15, -0.1) is 0 Å². The first kappa shape index (κ1) is 28.7. The molecule has 0 aliphatic heterocycles. The van der Waals surface area contributed by atoms with Gasteiger partial charge in [0, 0.05) is 21.2 Å². The number of pyridine rings is 1. The molecule has 1 aromatic heterocycles. The summed E-state index contributed by atoms with van der Waals surface area (Å²) in [6, 6.07) is 32.5. The molecule has 42 heavy (non-hydrogen) atoms. The zero-order valence-corrected chi connectivity index (χ0v) is 23.8. The van der Waals surface area contributed by atoms with Gasteiger partial charge in [0.15, 0.2) is 0 Å². The normalized spacial score (nSPS) is 10.6. The van der Waals surface area contributed by atoms with Crippen LogP contribution in [0.2, 0.25) is 10.0 Å². The van der Waals surface area contributed by atoms with E-state index < -0.39 is 11.8 Å². The minimum atomic E-state index is -0.659. The number of nitrogens with two attached hydrogens (primary N) is 1. The summed E-state index contributed by atoms with van der Waals surface area (Å²) >= 11 is 12.6. The molecule has 0 atom stereocenters. The van der Waals surface area contributed by atoms with Crippen molar-refractivity contribution < 1.29 is 19.1 Å². The number of ether oxygens (including phenoxy) is 2. The lowest BCUT2D eigenvalue weighted by Gasteiger charge is -2.23. The number of benzene rings is 4. The first-order valence-electron chi connectivity index (χ1n) is 12.9. The van der Waals surface area contributed by atoms with E-state index in [0.29, 0.717) is 10.0 Å². The number of carbonyl (C=O) groups excluding carboxylic acids is 2. The summed E-state index contributed by atoms with van der Waals surface area (Å²) < 4.78 is 12.0. The lowest BCUT2D eigenvalue weighted by molar-refractivity contribution is 0.0892. The molecule has 0 fully saturated rings. The van der Waals surface area contributed by atoms with Crippen LogP contribution in [-0.2, 0) is 13.2 Å². The summed E-state index contributed by atoms with van der Waals surface area (Å²) in [5, 5.41) is 1.07. The predicted molar refractivity (Wildman–Crippen MR) is 164 cm³/mol. The van der Waals surface area contributed by atoms with Crippen molar-refractivity contribution in [1.29, 1.82) is 0 Å². The molecule has 0 unspecified atom stereocenters. The van der Waals surface area contributed by atoms with Crippen LogP contribution in [0.25, 0.3) is 0 Å². The molecule has 0 radical (unpaired) electrons. The Morgan fingerprint density at radius 3 is 1.55 bits per heavy atom. The minimum Gasteiger partial charge on any atom is -0.488 e. The summed E-state index contributed by atoms with van der Waals surface area (Å²) in [6.07, 6.45) is 0. The van der Waals surface area contributed by atoms with Gasteiger partial charge in [0.25, 0.3) is 11.8 Å². The van der Waals surface area contributed by atoms with Crippen molar-refractivity contribution >= 4 is 46.7 Å². The van der Waals surface area contributed by atoms with Gasteiger partial charge in [-0.3, -0.25) is 9.59 Å². The number of halogens is 2. The van der Waals surface area contributed by atoms with Crippen LogP contribution in [0.1, 0.15) is 31.8 Å². The number of nitrogen functional groups attached to an aromatic ring is 1. The van der Waals surface area contributed by atoms with Gasteiger partial charge in [-0.25, -0.2) is 9.88 Å². The lowest BCUT2D eigenvalue weighted by Crippen LogP contribution is -2.38. The number of rotatable bonds is 9. The Morgan fingerprint density at radius 1 is 0.619 bits per heavy atom. The molecule has 0 spiro atoms. The highest BCUT2D eigenvalue weighted by Gasteiger charge is 2.31. The molecular weight excluding hydrogens is 573 g/mol. The fourth-order valence-corrected chi connectivity index (χ4v) is 4.57. The molecule has 2 amide bonds. The van der Waals surface area contributed by atoms with Crippen LogP contribution < -0.4 is 20.1 Å². The number of anilines is 2. The third kappa shape index (κ3) is 6.54. The number of imide groups is 1. The van der Waals surface area contributed by atoms with Crippen molar-refractivity contribution in [1.82, 2.24) is 4.98 Å². The van der Waals surface area contributed by atoms with Gasteiger partial charge in [0.1, 0.15) is 36.3 Å². The van der Waals surface area contributed by atoms with E-state index in [2.05, 4.69) is 4.98 Å². The second-order valence-corrected chi connectivity index (χ2v) is 9.93. The van der Waals surface area contributed by atoms with E-state index >= 15 is 0 Å². The monoisotopic (exact) mass is 597 g/mol. The Bertz CT molecular complexity index is 1640. The molecule has 5 rings (SSSR count). The molecule has 0 saturated heterocycles. The van der Waals surface area contributed by atoms with Crippen LogP contribution in [0.5, 0.6) is 11.5 Å². The van der Waals surface area contributed by atoms with Crippen LogP contribution in [0, 0.1) is 0 Å². The molecule has 7 nitrogen and oxygen atoms in total. The highest BCUT2D eigenvalue weighted by molar-refractivity contribution is 6.31. The summed E-state index contributed by atoms with van der Waals surface area (Å²) in [4.78, 5) is 33.6. The maximum Gasteiger partial charge on any atom is 0.270 e. The van der Waals surface area contributed by atoms with Crippen molar-refractivity contribution in [2.24, 2.45) is 0 Å². The maximum atomic E-state index is 14.2. The average molecular weight is 598 g/mol. The van der Waals surface area contributed by atoms with E-state index in [1.807, 2.05) is 36.4 Å². The van der Waals surface area contributed by atoms with Crippen LogP contribution in [-0.4, -0.2) is 16.8 Å². The molecule has 9 heteroatoms. The quantitative estimate of drug-likeness (QED) is 0.176. The van der Waals surface area contributed by atoms with E-state index in [9.17, 15) is 9.59 Å². The highest BCUT2D eigenvalue weighted by Crippen LogP contribution is 2.29. The van der Waals surface area contributed by atoms with E-state index in [0.717, 1.165) is 16.0 Å². The molecule has 5 aromatic rings. The van der Waals surface area contributed by atoms with Gasteiger partial charge in [0.2, 0.25) is 0 Å². The Kier molecular flexibility index (Phi) is 9.02. The number of para-hydroxylation sites is 2. The third-order valence-corrected chi connectivity index (χ3v) is 7.05. The lowest BCUT2D eigenvalue weighted by atomic mass is 10.1. The summed E-state index contributed by atoms with van der Waals surface area (Å²) in [5.41, 5.74) is 7.74. The number of carbonyl (C=O) groups is 2. The number of nitrogens with zero attached hydrogens (tertiary/aromatic N) is 2. The molecule has 0 bridgehead atoms. The first-order valence-corrected chi connectivity index (χ1v) is 13.7. The molecule has 0 aliphatic carbocycles. The van der Waals surface area contributed by atoms with Crippen molar-refractivity contribution in [2.75, 3.05) is 10.6 Å². The summed E-state index contributed by atoms with van der Waals surface area (Å²) in [5.74, 6) is -0.585. The minimum absolute atomic E-state index is 0.0480. The number of hydrogen-bond acceptors (Lipinski definition) is 6. The van der Waals surface area contributed by atoms with E-state index in [-0.39, 0.29) is 47.5 Å². The number of aromatic nitrogens is 1. The van der Waals surface area contributed by atoms with Crippen LogP contribution >= 0.6 is 23.2 Å². The van der Waals surface area contributed by atoms with Crippen LogP contribution in [0.15, 0.2) is 115 Å². The van der Waals surface area contributed by atoms with E-state index in [1.54, 1.807) is 72.8 Å². The Morgan fingerprint density at radius 2 is 1.07 bits per heavy atom. The summed E-state index contributed by atoms with van der Waals surface area (Å²) in [6.45, 7) is 0.236. The number of hydrogen-bond donors (Lipinski definition) is 1. The topological polar surface area (TPSA) is 94.8 Å². The maximum absolute atomic E-state index is 14.2. The standard InChI is InChI=1S/C33H25Cl2N3O4/c34-26-14-5-1-10-22(26)20-41-28-16-7-3-12-24(28)32(39)38(31-19-9-18-30(36)37-31)33(40)25-13-4-8-17-29(25)42-21-23-11-2-6-15-27(23)35/h1-19H,20-21H2,(H2,36,37). The molecule has 4 aromatic carbocycles. The molecular formula is C33H25Cl2N3O4. The fourth-order valence-electron chi connectivity index (χ4n) is 4.19. The van der Waals surface area contributed by atoms with Gasteiger partial charge in [-0.05, 0) is 48.5 Å². The van der Waals surface area contributed by atoms with Crippen LogP contribution in [0.3, 0.4) is 0 Å². The Balaban J connectivity index is 1.49. The smallest absolute Gasteiger partial charge is 0.270 e. The molecule has 0 saturated carbocycles. The predicted octanol–water partition coefficient (Wildman–Crippen LogP) is 7.62. The Labute approximate surface area is 253 Å². The van der Waals surface area contributed by atoms with Crippen LogP contribution in [0.4, 0.5) is 11.6 Å². The molecule has 2 N–H and O–H groups in total. The van der Waals surface area contributed by atoms with E-state index in [1.165, 1.54) is 6.07 Å². The van der Waals surface area contributed by atoms with E-state index in [4.69, 9.17) is 38.4 Å². The number of amides is 2. The molecule has 0 aliphatic rings. The Hall–Kier alpha value is -4.85. The van der Waals surface area contributed by atoms with Gasteiger partial charge >= 0.3 is 0 Å². The largest absolute Gasteiger partial charge is 0.488 e. The van der Waals surface area contributed by atoms with Gasteiger partial charge in [-0.1, -0.05) is 89.9 Å². The van der Waals surface area contributed by atoms with Crippen molar-refractivity contribution in [3.8, 4) is 11.5 Å². The fraction of sp³-hybridized carbons (Fsp3) is 0.0606. The molecule has 210 valence electrons. The SMILES string of the molecule is Nc1cccc(N(C(=O)c2ccccc2OCc2ccccc2Cl)C(=O)c2ccccc2OCc2ccccc2Cl)n1. The van der Waals surface area contributed by atoms with Gasteiger partial charge in [-0.2, -0.15) is 0 Å². The zero-order chi connectivity index (χ0) is 29.5. The summed E-state index contributed by atoms with van der Waals surface area (Å²) in [7, 11) is 0.